The number of thiophene rings is 1. The number of halogens is 2. The Balaban J connectivity index is 2.19. The van der Waals surface area contributed by atoms with Crippen LogP contribution in [0.5, 0.6) is 0 Å². The first-order valence-electron chi connectivity index (χ1n) is 5.91. The van der Waals surface area contributed by atoms with Crippen LogP contribution < -0.4 is 5.32 Å². The molecule has 96 valence electrons. The first-order valence-corrected chi connectivity index (χ1v) is 8.66. The lowest BCUT2D eigenvalue weighted by Gasteiger charge is -2.17. The van der Waals surface area contributed by atoms with Gasteiger partial charge in [0.1, 0.15) is 0 Å². The van der Waals surface area contributed by atoms with Gasteiger partial charge < -0.3 is 5.32 Å². The molecule has 0 spiro atoms. The minimum Gasteiger partial charge on any atom is -0.310 e. The molecule has 0 aliphatic heterocycles. The average molecular weight is 436 g/mol. The molecule has 0 aliphatic rings. The van der Waals surface area contributed by atoms with Gasteiger partial charge in [0, 0.05) is 10.5 Å². The summed E-state index contributed by atoms with van der Waals surface area (Å²) in [6.07, 6.45) is 1.02. The van der Waals surface area contributed by atoms with Crippen LogP contribution in [0.15, 0.2) is 40.2 Å². The summed E-state index contributed by atoms with van der Waals surface area (Å²) in [5, 5.41) is 5.83. The maximum atomic E-state index is 3.63. The fourth-order valence-corrected chi connectivity index (χ4v) is 3.82. The van der Waals surface area contributed by atoms with E-state index in [1.807, 2.05) is 11.3 Å². The molecule has 0 saturated carbocycles. The second-order valence-corrected chi connectivity index (χ2v) is 7.75. The molecule has 1 aromatic carbocycles. The SMILES string of the molecule is CCNC(Cc1ccccc1Br)c1csc(I)c1. The zero-order valence-corrected chi connectivity index (χ0v) is 14.7. The predicted molar refractivity (Wildman–Crippen MR) is 91.3 cm³/mol. The van der Waals surface area contributed by atoms with Gasteiger partial charge in [-0.1, -0.05) is 41.1 Å². The van der Waals surface area contributed by atoms with Gasteiger partial charge in [-0.05, 0) is 64.2 Å². The first kappa shape index (κ1) is 14.5. The van der Waals surface area contributed by atoms with Crippen LogP contribution in [-0.4, -0.2) is 6.54 Å². The van der Waals surface area contributed by atoms with Crippen molar-refractivity contribution < 1.29 is 0 Å². The van der Waals surface area contributed by atoms with E-state index >= 15 is 0 Å². The third-order valence-corrected chi connectivity index (χ3v) is 5.40. The van der Waals surface area contributed by atoms with E-state index in [4.69, 9.17) is 0 Å². The summed E-state index contributed by atoms with van der Waals surface area (Å²) in [5.41, 5.74) is 2.74. The molecule has 0 radical (unpaired) electrons. The van der Waals surface area contributed by atoms with Gasteiger partial charge in [-0.3, -0.25) is 0 Å². The van der Waals surface area contributed by atoms with E-state index in [0.29, 0.717) is 6.04 Å². The molecule has 0 bridgehead atoms. The fraction of sp³-hybridized carbons (Fsp3) is 0.286. The monoisotopic (exact) mass is 435 g/mol. The van der Waals surface area contributed by atoms with Crippen molar-refractivity contribution in [2.24, 2.45) is 0 Å². The highest BCUT2D eigenvalue weighted by molar-refractivity contribution is 14.1. The molecule has 2 aromatic rings. The molecule has 1 nitrogen and oxygen atoms in total. The third-order valence-electron chi connectivity index (χ3n) is 2.82. The Hall–Kier alpha value is 0.0900. The lowest BCUT2D eigenvalue weighted by Crippen LogP contribution is -2.22. The van der Waals surface area contributed by atoms with Crippen molar-refractivity contribution >= 4 is 49.9 Å². The minimum absolute atomic E-state index is 0.397. The molecule has 1 N–H and O–H groups in total. The molecular formula is C14H15BrINS. The van der Waals surface area contributed by atoms with Gasteiger partial charge in [-0.15, -0.1) is 11.3 Å². The molecular weight excluding hydrogens is 421 g/mol. The van der Waals surface area contributed by atoms with E-state index < -0.39 is 0 Å². The van der Waals surface area contributed by atoms with Crippen molar-refractivity contribution in [2.45, 2.75) is 19.4 Å². The lowest BCUT2D eigenvalue weighted by molar-refractivity contribution is 0.550. The minimum atomic E-state index is 0.397. The number of nitrogens with one attached hydrogen (secondary N) is 1. The largest absolute Gasteiger partial charge is 0.310 e. The highest BCUT2D eigenvalue weighted by Crippen LogP contribution is 2.27. The van der Waals surface area contributed by atoms with Crippen LogP contribution in [0.25, 0.3) is 0 Å². The summed E-state index contributed by atoms with van der Waals surface area (Å²) in [6.45, 7) is 3.14. The number of hydrogen-bond acceptors (Lipinski definition) is 2. The second-order valence-electron chi connectivity index (χ2n) is 4.09. The van der Waals surface area contributed by atoms with Crippen LogP contribution in [0, 0.1) is 2.88 Å². The van der Waals surface area contributed by atoms with Gasteiger partial charge in [0.2, 0.25) is 0 Å². The van der Waals surface area contributed by atoms with Gasteiger partial charge in [0.25, 0.3) is 0 Å². The van der Waals surface area contributed by atoms with Crippen LogP contribution >= 0.6 is 49.9 Å². The van der Waals surface area contributed by atoms with Crippen molar-refractivity contribution in [3.05, 3.63) is 54.2 Å². The average Bonchev–Trinajstić information content (AvgIpc) is 2.78. The van der Waals surface area contributed by atoms with Gasteiger partial charge >= 0.3 is 0 Å². The maximum absolute atomic E-state index is 3.63. The van der Waals surface area contributed by atoms with E-state index in [-0.39, 0.29) is 0 Å². The van der Waals surface area contributed by atoms with Crippen molar-refractivity contribution in [2.75, 3.05) is 6.54 Å². The van der Waals surface area contributed by atoms with E-state index in [9.17, 15) is 0 Å². The Labute approximate surface area is 134 Å². The molecule has 2 rings (SSSR count). The predicted octanol–water partition coefficient (Wildman–Crippen LogP) is 5.01. The third kappa shape index (κ3) is 3.79. The standard InChI is InChI=1S/C14H15BrINS/c1-2-17-13(11-8-14(16)18-9-11)7-10-5-3-4-6-12(10)15/h3-6,8-9,13,17H,2,7H2,1H3. The summed E-state index contributed by atoms with van der Waals surface area (Å²) in [7, 11) is 0. The fourth-order valence-electron chi connectivity index (χ4n) is 1.94. The van der Waals surface area contributed by atoms with E-state index in [0.717, 1.165) is 13.0 Å². The van der Waals surface area contributed by atoms with Crippen molar-refractivity contribution in [1.82, 2.24) is 5.32 Å². The van der Waals surface area contributed by atoms with Crippen LogP contribution in [0.1, 0.15) is 24.1 Å². The number of hydrogen-bond donors (Lipinski definition) is 1. The number of likely N-dealkylation sites (N-methyl/N-ethyl adjacent to an activating group) is 1. The number of rotatable bonds is 5. The van der Waals surface area contributed by atoms with Gasteiger partial charge in [0.05, 0.1) is 2.88 Å². The Morgan fingerprint density at radius 3 is 2.78 bits per heavy atom. The summed E-state index contributed by atoms with van der Waals surface area (Å²) < 4.78 is 2.54. The van der Waals surface area contributed by atoms with E-state index in [1.165, 1.54) is 18.5 Å². The van der Waals surface area contributed by atoms with Crippen molar-refractivity contribution in [1.29, 1.82) is 0 Å². The number of benzene rings is 1. The van der Waals surface area contributed by atoms with Gasteiger partial charge in [-0.2, -0.15) is 0 Å². The van der Waals surface area contributed by atoms with Crippen LogP contribution in [-0.2, 0) is 6.42 Å². The Kier molecular flexibility index (Phi) is 5.66. The van der Waals surface area contributed by atoms with Crippen LogP contribution in [0.2, 0.25) is 0 Å². The maximum Gasteiger partial charge on any atom is 0.0656 e. The Bertz CT molecular complexity index is 512. The normalized spacial score (nSPS) is 12.6. The van der Waals surface area contributed by atoms with Gasteiger partial charge in [-0.25, -0.2) is 0 Å². The van der Waals surface area contributed by atoms with Crippen LogP contribution in [0.4, 0.5) is 0 Å². The molecule has 4 heteroatoms. The zero-order valence-electron chi connectivity index (χ0n) is 10.1. The van der Waals surface area contributed by atoms with Crippen molar-refractivity contribution in [3.8, 4) is 0 Å². The lowest BCUT2D eigenvalue weighted by atomic mass is 10.0. The first-order chi connectivity index (χ1) is 8.70. The molecule has 0 fully saturated rings. The summed E-state index contributed by atoms with van der Waals surface area (Å²) in [6, 6.07) is 11.1. The molecule has 0 saturated heterocycles. The Morgan fingerprint density at radius 2 is 2.17 bits per heavy atom. The summed E-state index contributed by atoms with van der Waals surface area (Å²) in [4.78, 5) is 0. The van der Waals surface area contributed by atoms with Crippen molar-refractivity contribution in [3.63, 3.8) is 0 Å². The molecule has 1 atom stereocenters. The summed E-state index contributed by atoms with van der Waals surface area (Å²) >= 11 is 7.82. The van der Waals surface area contributed by atoms with Crippen LogP contribution in [0.3, 0.4) is 0 Å². The van der Waals surface area contributed by atoms with E-state index in [1.54, 1.807) is 0 Å². The summed E-state index contributed by atoms with van der Waals surface area (Å²) in [5.74, 6) is 0. The second kappa shape index (κ2) is 7.03. The molecule has 1 heterocycles. The highest BCUT2D eigenvalue weighted by atomic mass is 127. The molecule has 18 heavy (non-hydrogen) atoms. The molecule has 1 unspecified atom stereocenters. The molecule has 0 aliphatic carbocycles. The zero-order chi connectivity index (χ0) is 13.0. The Morgan fingerprint density at radius 1 is 1.39 bits per heavy atom. The van der Waals surface area contributed by atoms with E-state index in [2.05, 4.69) is 86.5 Å². The highest BCUT2D eigenvalue weighted by Gasteiger charge is 2.14. The molecule has 1 aromatic heterocycles. The molecule has 0 amide bonds. The van der Waals surface area contributed by atoms with Gasteiger partial charge in [0.15, 0.2) is 0 Å². The smallest absolute Gasteiger partial charge is 0.0656 e. The quantitative estimate of drug-likeness (QED) is 0.651. The topological polar surface area (TPSA) is 12.0 Å².